The van der Waals surface area contributed by atoms with Crippen LogP contribution in [0.5, 0.6) is 0 Å². The van der Waals surface area contributed by atoms with Gasteiger partial charge in [0.25, 0.3) is 5.56 Å². The number of aliphatic hydroxyl groups is 1. The molecule has 4 rings (SSSR count). The summed E-state index contributed by atoms with van der Waals surface area (Å²) in [5.41, 5.74) is -1.15. The molecule has 2 heterocycles. The summed E-state index contributed by atoms with van der Waals surface area (Å²) in [7, 11) is 0. The van der Waals surface area contributed by atoms with Gasteiger partial charge in [-0.05, 0) is 55.5 Å². The van der Waals surface area contributed by atoms with E-state index in [4.69, 9.17) is 0 Å². The van der Waals surface area contributed by atoms with E-state index in [0.717, 1.165) is 34.4 Å². The van der Waals surface area contributed by atoms with Crippen molar-refractivity contribution in [2.75, 3.05) is 0 Å². The lowest BCUT2D eigenvalue weighted by molar-refractivity contribution is -0.146. The van der Waals surface area contributed by atoms with Crippen LogP contribution >= 0.6 is 0 Å². The topological polar surface area (TPSA) is 82.0 Å². The first-order valence-corrected chi connectivity index (χ1v) is 10.8. The number of hydrogen-bond donors (Lipinski definition) is 1. The summed E-state index contributed by atoms with van der Waals surface area (Å²) < 4.78 is 59.6. The molecular weight excluding hydrogens is 468 g/mol. The SMILES string of the molecule is CCn1c(CO)nn(-c2cc3c([C@@H](C)C(F)(F)F)cn(-c4ccccc4C)c(=O)c3cc2F)c1=O. The van der Waals surface area contributed by atoms with E-state index in [-0.39, 0.29) is 28.7 Å². The molecule has 0 saturated heterocycles. The van der Waals surface area contributed by atoms with Gasteiger partial charge in [-0.25, -0.2) is 9.18 Å². The normalized spacial score (nSPS) is 12.9. The molecule has 0 amide bonds. The lowest BCUT2D eigenvalue weighted by Gasteiger charge is -2.21. The van der Waals surface area contributed by atoms with Gasteiger partial charge < -0.3 is 5.11 Å². The molecule has 0 saturated carbocycles. The molecule has 7 nitrogen and oxygen atoms in total. The predicted octanol–water partition coefficient (Wildman–Crippen LogP) is 3.96. The van der Waals surface area contributed by atoms with E-state index >= 15 is 4.39 Å². The maximum atomic E-state index is 15.3. The van der Waals surface area contributed by atoms with Gasteiger partial charge in [-0.1, -0.05) is 18.2 Å². The van der Waals surface area contributed by atoms with Crippen molar-refractivity contribution in [1.82, 2.24) is 18.9 Å². The Morgan fingerprint density at radius 1 is 1.09 bits per heavy atom. The van der Waals surface area contributed by atoms with Crippen LogP contribution in [-0.4, -0.2) is 30.2 Å². The second-order valence-corrected chi connectivity index (χ2v) is 8.17. The summed E-state index contributed by atoms with van der Waals surface area (Å²) in [4.78, 5) is 26.0. The van der Waals surface area contributed by atoms with Crippen LogP contribution in [0.3, 0.4) is 0 Å². The van der Waals surface area contributed by atoms with Crippen LogP contribution in [0.2, 0.25) is 0 Å². The van der Waals surface area contributed by atoms with Crippen LogP contribution in [0.15, 0.2) is 52.2 Å². The van der Waals surface area contributed by atoms with Crippen LogP contribution < -0.4 is 11.2 Å². The third-order valence-corrected chi connectivity index (χ3v) is 6.07. The van der Waals surface area contributed by atoms with Gasteiger partial charge in [0.15, 0.2) is 5.82 Å². The third-order valence-electron chi connectivity index (χ3n) is 6.07. The zero-order valence-electron chi connectivity index (χ0n) is 19.1. The number of halogens is 4. The van der Waals surface area contributed by atoms with Crippen LogP contribution in [0.1, 0.15) is 36.7 Å². The van der Waals surface area contributed by atoms with Gasteiger partial charge in [0.2, 0.25) is 0 Å². The fraction of sp³-hybridized carbons (Fsp3) is 0.292. The Morgan fingerprint density at radius 3 is 2.34 bits per heavy atom. The monoisotopic (exact) mass is 490 g/mol. The number of rotatable bonds is 5. The smallest absolute Gasteiger partial charge is 0.388 e. The summed E-state index contributed by atoms with van der Waals surface area (Å²) in [5, 5.41) is 13.0. The number of alkyl halides is 3. The Morgan fingerprint density at radius 2 is 1.77 bits per heavy atom. The fourth-order valence-electron chi connectivity index (χ4n) is 4.10. The summed E-state index contributed by atoms with van der Waals surface area (Å²) in [5.74, 6) is -3.05. The quantitative estimate of drug-likeness (QED) is 0.430. The predicted molar refractivity (Wildman–Crippen MR) is 122 cm³/mol. The molecule has 0 aliphatic carbocycles. The Labute approximate surface area is 196 Å². The van der Waals surface area contributed by atoms with Crippen molar-refractivity contribution in [3.05, 3.63) is 86.2 Å². The molecule has 0 aliphatic rings. The molecule has 0 bridgehead atoms. The van der Waals surface area contributed by atoms with E-state index in [1.807, 2.05) is 0 Å². The summed E-state index contributed by atoms with van der Waals surface area (Å²) in [6.45, 7) is 3.83. The molecule has 0 aliphatic heterocycles. The van der Waals surface area contributed by atoms with E-state index in [1.165, 1.54) is 0 Å². The summed E-state index contributed by atoms with van der Waals surface area (Å²) >= 11 is 0. The number of aliphatic hydroxyl groups excluding tert-OH is 1. The van der Waals surface area contributed by atoms with E-state index < -0.39 is 41.5 Å². The number of hydrogen-bond acceptors (Lipinski definition) is 4. The van der Waals surface area contributed by atoms with Crippen molar-refractivity contribution in [3.8, 4) is 11.4 Å². The highest BCUT2D eigenvalue weighted by atomic mass is 19.4. The van der Waals surface area contributed by atoms with Crippen LogP contribution in [0.25, 0.3) is 22.1 Å². The lowest BCUT2D eigenvalue weighted by Crippen LogP contribution is -2.26. The van der Waals surface area contributed by atoms with Gasteiger partial charge in [-0.2, -0.15) is 17.9 Å². The maximum Gasteiger partial charge on any atom is 0.395 e. The van der Waals surface area contributed by atoms with Gasteiger partial charge >= 0.3 is 11.9 Å². The fourth-order valence-corrected chi connectivity index (χ4v) is 4.10. The van der Waals surface area contributed by atoms with E-state index in [1.54, 1.807) is 38.1 Å². The van der Waals surface area contributed by atoms with E-state index in [2.05, 4.69) is 5.10 Å². The molecule has 2 aromatic heterocycles. The number of benzene rings is 2. The maximum absolute atomic E-state index is 15.3. The highest BCUT2D eigenvalue weighted by molar-refractivity contribution is 5.88. The number of para-hydroxylation sites is 1. The number of aryl methyl sites for hydroxylation is 1. The largest absolute Gasteiger partial charge is 0.395 e. The molecule has 35 heavy (non-hydrogen) atoms. The van der Waals surface area contributed by atoms with Crippen LogP contribution in [-0.2, 0) is 13.2 Å². The molecule has 1 N–H and O–H groups in total. The summed E-state index contributed by atoms with van der Waals surface area (Å²) in [6, 6.07) is 8.51. The molecule has 2 aromatic carbocycles. The molecule has 11 heteroatoms. The standard InChI is InChI=1S/C24H22F4N4O3/c1-4-30-21(12-33)29-32(23(30)35)20-10-15-16(9-18(20)25)22(34)31(19-8-6-5-7-13(19)2)11-17(15)14(3)24(26,27)28/h5-11,14,33H,4,12H2,1-3H3/t14-/m1/s1. The number of fused-ring (bicyclic) bond motifs is 1. The number of nitrogens with zero attached hydrogens (tertiary/aromatic N) is 4. The summed E-state index contributed by atoms with van der Waals surface area (Å²) in [6.07, 6.45) is -3.54. The molecule has 0 spiro atoms. The van der Waals surface area contributed by atoms with Gasteiger partial charge in [-0.3, -0.25) is 13.9 Å². The molecule has 4 aromatic rings. The van der Waals surface area contributed by atoms with Crippen molar-refractivity contribution in [2.24, 2.45) is 0 Å². The van der Waals surface area contributed by atoms with Crippen molar-refractivity contribution in [2.45, 2.75) is 46.0 Å². The van der Waals surface area contributed by atoms with Gasteiger partial charge in [0.1, 0.15) is 18.1 Å². The highest BCUT2D eigenvalue weighted by Crippen LogP contribution is 2.38. The Kier molecular flexibility index (Phi) is 6.14. The van der Waals surface area contributed by atoms with Crippen LogP contribution in [0.4, 0.5) is 17.6 Å². The third kappa shape index (κ3) is 4.05. The van der Waals surface area contributed by atoms with Crippen LogP contribution in [0, 0.1) is 12.7 Å². The minimum Gasteiger partial charge on any atom is -0.388 e. The number of aromatic nitrogens is 4. The lowest BCUT2D eigenvalue weighted by atomic mass is 9.95. The van der Waals surface area contributed by atoms with Crippen molar-refractivity contribution >= 4 is 10.8 Å². The molecule has 1 atom stereocenters. The second-order valence-electron chi connectivity index (χ2n) is 8.17. The van der Waals surface area contributed by atoms with Gasteiger partial charge in [-0.15, -0.1) is 5.10 Å². The average Bonchev–Trinajstić information content (AvgIpc) is 3.14. The first-order chi connectivity index (χ1) is 16.5. The van der Waals surface area contributed by atoms with Crippen molar-refractivity contribution < 1.29 is 22.7 Å². The second kappa shape index (κ2) is 8.81. The van der Waals surface area contributed by atoms with E-state index in [0.29, 0.717) is 15.9 Å². The Bertz CT molecular complexity index is 1550. The zero-order valence-corrected chi connectivity index (χ0v) is 19.1. The first-order valence-electron chi connectivity index (χ1n) is 10.8. The number of pyridine rings is 1. The van der Waals surface area contributed by atoms with E-state index in [9.17, 15) is 27.9 Å². The average molecular weight is 490 g/mol. The Balaban J connectivity index is 2.10. The molecule has 184 valence electrons. The molecular formula is C24H22F4N4O3. The molecule has 0 radical (unpaired) electrons. The van der Waals surface area contributed by atoms with Crippen molar-refractivity contribution in [3.63, 3.8) is 0 Å². The highest BCUT2D eigenvalue weighted by Gasteiger charge is 2.39. The van der Waals surface area contributed by atoms with Gasteiger partial charge in [0.05, 0.1) is 17.0 Å². The minimum atomic E-state index is -4.65. The molecule has 0 fully saturated rings. The van der Waals surface area contributed by atoms with Gasteiger partial charge in [0, 0.05) is 12.7 Å². The first kappa shape index (κ1) is 24.4. The van der Waals surface area contributed by atoms with Crippen molar-refractivity contribution in [1.29, 1.82) is 0 Å². The zero-order chi connectivity index (χ0) is 25.7. The Hall–Kier alpha value is -3.73. The minimum absolute atomic E-state index is 0.0316. The molecule has 0 unspecified atom stereocenters.